The van der Waals surface area contributed by atoms with Crippen molar-refractivity contribution in [3.05, 3.63) is 35.9 Å². The Morgan fingerprint density at radius 3 is 2.33 bits per heavy atom. The van der Waals surface area contributed by atoms with Crippen molar-refractivity contribution in [2.45, 2.75) is 39.3 Å². The molecule has 0 radical (unpaired) electrons. The highest BCUT2D eigenvalue weighted by Crippen LogP contribution is 2.20. The van der Waals surface area contributed by atoms with Crippen molar-refractivity contribution in [1.29, 1.82) is 0 Å². The summed E-state index contributed by atoms with van der Waals surface area (Å²) in [5.74, 6) is 0.226. The fourth-order valence-electron chi connectivity index (χ4n) is 1.88. The molecular formula is C15H24N2O. The Hall–Kier alpha value is -1.35. The van der Waals surface area contributed by atoms with Crippen LogP contribution in [0.1, 0.15) is 38.8 Å². The number of amides is 1. The second-order valence-corrected chi connectivity index (χ2v) is 4.95. The summed E-state index contributed by atoms with van der Waals surface area (Å²) in [5, 5.41) is 0. The molecule has 0 saturated heterocycles. The van der Waals surface area contributed by atoms with Crippen LogP contribution in [0.2, 0.25) is 0 Å². The highest BCUT2D eigenvalue weighted by atomic mass is 16.2. The van der Waals surface area contributed by atoms with Gasteiger partial charge < -0.3 is 10.6 Å². The second-order valence-electron chi connectivity index (χ2n) is 4.95. The van der Waals surface area contributed by atoms with Crippen LogP contribution in [-0.2, 0) is 4.79 Å². The maximum absolute atomic E-state index is 12.3. The minimum absolute atomic E-state index is 0.0145. The first kappa shape index (κ1) is 14.7. The number of carbonyl (C=O) groups excluding carboxylic acids is 1. The van der Waals surface area contributed by atoms with Crippen molar-refractivity contribution >= 4 is 5.91 Å². The molecule has 1 rings (SSSR count). The highest BCUT2D eigenvalue weighted by Gasteiger charge is 2.25. The Bertz CT molecular complexity index is 377. The van der Waals surface area contributed by atoms with Crippen LogP contribution in [0.5, 0.6) is 0 Å². The van der Waals surface area contributed by atoms with Crippen molar-refractivity contribution in [2.75, 3.05) is 7.05 Å². The zero-order valence-corrected chi connectivity index (χ0v) is 11.8. The van der Waals surface area contributed by atoms with Crippen LogP contribution in [0.25, 0.3) is 0 Å². The number of benzene rings is 1. The minimum Gasteiger partial charge on any atom is -0.338 e. The Morgan fingerprint density at radius 2 is 1.83 bits per heavy atom. The molecule has 3 atom stereocenters. The molecule has 3 nitrogen and oxygen atoms in total. The van der Waals surface area contributed by atoms with Crippen LogP contribution in [0.4, 0.5) is 0 Å². The predicted octanol–water partition coefficient (Wildman–Crippen LogP) is 2.58. The molecule has 0 aliphatic carbocycles. The number of hydrogen-bond acceptors (Lipinski definition) is 2. The van der Waals surface area contributed by atoms with Gasteiger partial charge in [0.2, 0.25) is 5.91 Å². The fourth-order valence-corrected chi connectivity index (χ4v) is 1.88. The normalized spacial score (nSPS) is 15.8. The lowest BCUT2D eigenvalue weighted by molar-refractivity contribution is -0.134. The zero-order valence-electron chi connectivity index (χ0n) is 11.8. The first-order valence-corrected chi connectivity index (χ1v) is 6.56. The molecule has 1 aromatic carbocycles. The van der Waals surface area contributed by atoms with E-state index in [0.29, 0.717) is 0 Å². The summed E-state index contributed by atoms with van der Waals surface area (Å²) in [7, 11) is 1.82. The lowest BCUT2D eigenvalue weighted by Gasteiger charge is -2.29. The number of nitrogens with zero attached hydrogens (tertiary/aromatic N) is 1. The van der Waals surface area contributed by atoms with Crippen molar-refractivity contribution < 1.29 is 4.79 Å². The van der Waals surface area contributed by atoms with Crippen molar-refractivity contribution in [2.24, 2.45) is 11.7 Å². The molecule has 18 heavy (non-hydrogen) atoms. The van der Waals surface area contributed by atoms with Crippen LogP contribution in [0.15, 0.2) is 30.3 Å². The summed E-state index contributed by atoms with van der Waals surface area (Å²) >= 11 is 0. The predicted molar refractivity (Wildman–Crippen MR) is 75.1 cm³/mol. The summed E-state index contributed by atoms with van der Waals surface area (Å²) in [6.45, 7) is 6.10. The van der Waals surface area contributed by atoms with Crippen LogP contribution >= 0.6 is 0 Å². The maximum atomic E-state index is 12.3. The average Bonchev–Trinajstić information content (AvgIpc) is 2.44. The van der Waals surface area contributed by atoms with Gasteiger partial charge in [-0.15, -0.1) is 0 Å². The molecule has 0 aliphatic heterocycles. The summed E-state index contributed by atoms with van der Waals surface area (Å²) < 4.78 is 0. The number of rotatable bonds is 5. The molecule has 3 heteroatoms. The van der Waals surface area contributed by atoms with Gasteiger partial charge in [0, 0.05) is 7.05 Å². The van der Waals surface area contributed by atoms with Gasteiger partial charge >= 0.3 is 0 Å². The lowest BCUT2D eigenvalue weighted by atomic mass is 9.98. The third kappa shape index (κ3) is 3.33. The topological polar surface area (TPSA) is 46.3 Å². The smallest absolute Gasteiger partial charge is 0.240 e. The van der Waals surface area contributed by atoms with E-state index in [2.05, 4.69) is 6.92 Å². The minimum atomic E-state index is -0.411. The maximum Gasteiger partial charge on any atom is 0.240 e. The van der Waals surface area contributed by atoms with Gasteiger partial charge in [0.15, 0.2) is 0 Å². The molecule has 0 fully saturated rings. The summed E-state index contributed by atoms with van der Waals surface area (Å²) in [5.41, 5.74) is 7.13. The fraction of sp³-hybridized carbons (Fsp3) is 0.533. The molecule has 1 aromatic rings. The highest BCUT2D eigenvalue weighted by molar-refractivity contribution is 5.82. The van der Waals surface area contributed by atoms with E-state index in [1.54, 1.807) is 4.90 Å². The van der Waals surface area contributed by atoms with Crippen LogP contribution in [0.3, 0.4) is 0 Å². The Labute approximate surface area is 110 Å². The van der Waals surface area contributed by atoms with E-state index >= 15 is 0 Å². The quantitative estimate of drug-likeness (QED) is 0.870. The number of hydrogen-bond donors (Lipinski definition) is 1. The molecule has 0 aliphatic rings. The molecule has 1 amide bonds. The Morgan fingerprint density at radius 1 is 1.28 bits per heavy atom. The van der Waals surface area contributed by atoms with Crippen molar-refractivity contribution in [1.82, 2.24) is 4.90 Å². The molecule has 0 aromatic heterocycles. The zero-order chi connectivity index (χ0) is 13.7. The Balaban J connectivity index is 2.75. The molecular weight excluding hydrogens is 224 g/mol. The van der Waals surface area contributed by atoms with Gasteiger partial charge in [0.05, 0.1) is 12.1 Å². The average molecular weight is 248 g/mol. The number of carbonyl (C=O) groups is 1. The number of nitrogens with two attached hydrogens (primary N) is 1. The summed E-state index contributed by atoms with van der Waals surface area (Å²) in [6.07, 6.45) is 0.917. The molecule has 2 N–H and O–H groups in total. The monoisotopic (exact) mass is 248 g/mol. The second kappa shape index (κ2) is 6.55. The molecule has 100 valence electrons. The molecule has 0 spiro atoms. The van der Waals surface area contributed by atoms with E-state index in [1.165, 1.54) is 0 Å². The van der Waals surface area contributed by atoms with Gasteiger partial charge in [0.1, 0.15) is 0 Å². The molecule has 3 unspecified atom stereocenters. The van der Waals surface area contributed by atoms with Gasteiger partial charge in [0.25, 0.3) is 0 Å². The van der Waals surface area contributed by atoms with E-state index in [1.807, 2.05) is 51.2 Å². The van der Waals surface area contributed by atoms with Gasteiger partial charge in [-0.1, -0.05) is 50.6 Å². The van der Waals surface area contributed by atoms with Gasteiger partial charge in [-0.05, 0) is 18.4 Å². The molecule has 0 bridgehead atoms. The number of likely N-dealkylation sites (N-methyl/N-ethyl adjacent to an activating group) is 1. The van der Waals surface area contributed by atoms with E-state index in [4.69, 9.17) is 5.73 Å². The van der Waals surface area contributed by atoms with Crippen LogP contribution in [-0.4, -0.2) is 23.9 Å². The SMILES string of the molecule is CCC(C)C(N)C(=O)N(C)C(C)c1ccccc1. The van der Waals surface area contributed by atoms with E-state index < -0.39 is 6.04 Å². The Kier molecular flexibility index (Phi) is 5.35. The first-order valence-electron chi connectivity index (χ1n) is 6.56. The van der Waals surface area contributed by atoms with E-state index in [9.17, 15) is 4.79 Å². The van der Waals surface area contributed by atoms with Crippen molar-refractivity contribution in [3.8, 4) is 0 Å². The summed E-state index contributed by atoms with van der Waals surface area (Å²) in [4.78, 5) is 14.0. The van der Waals surface area contributed by atoms with Crippen LogP contribution < -0.4 is 5.73 Å². The van der Waals surface area contributed by atoms with E-state index in [0.717, 1.165) is 12.0 Å². The van der Waals surface area contributed by atoms with Gasteiger partial charge in [-0.25, -0.2) is 0 Å². The lowest BCUT2D eigenvalue weighted by Crippen LogP contribution is -2.46. The molecule has 0 saturated carbocycles. The van der Waals surface area contributed by atoms with E-state index in [-0.39, 0.29) is 17.9 Å². The van der Waals surface area contributed by atoms with Gasteiger partial charge in [-0.3, -0.25) is 4.79 Å². The van der Waals surface area contributed by atoms with Crippen LogP contribution in [0, 0.1) is 5.92 Å². The standard InChI is InChI=1S/C15H24N2O/c1-5-11(2)14(16)15(18)17(4)12(3)13-9-7-6-8-10-13/h6-12,14H,5,16H2,1-4H3. The third-order valence-electron chi connectivity index (χ3n) is 3.75. The first-order chi connectivity index (χ1) is 8.49. The largest absolute Gasteiger partial charge is 0.338 e. The molecule has 0 heterocycles. The van der Waals surface area contributed by atoms with Crippen molar-refractivity contribution in [3.63, 3.8) is 0 Å². The van der Waals surface area contributed by atoms with Gasteiger partial charge in [-0.2, -0.15) is 0 Å². The summed E-state index contributed by atoms with van der Waals surface area (Å²) in [6, 6.07) is 9.65. The third-order valence-corrected chi connectivity index (χ3v) is 3.75.